The SMILES string of the molecule is Cc1ccc(Cn2nc(C)c(C(=O)OCC(=O)Nc3ccc(C)cc3)c2Cl)cc1. The van der Waals surface area contributed by atoms with Gasteiger partial charge in [-0.15, -0.1) is 0 Å². The third-order valence-corrected chi connectivity index (χ3v) is 4.78. The van der Waals surface area contributed by atoms with Gasteiger partial charge in [-0.25, -0.2) is 9.48 Å². The highest BCUT2D eigenvalue weighted by molar-refractivity contribution is 6.32. The third kappa shape index (κ3) is 5.23. The van der Waals surface area contributed by atoms with Crippen molar-refractivity contribution in [3.63, 3.8) is 0 Å². The van der Waals surface area contributed by atoms with Crippen LogP contribution in [-0.2, 0) is 16.1 Å². The molecule has 3 rings (SSSR count). The van der Waals surface area contributed by atoms with Crippen LogP contribution in [0.4, 0.5) is 5.69 Å². The maximum atomic E-state index is 12.5. The second-order valence-corrected chi connectivity index (χ2v) is 7.24. The van der Waals surface area contributed by atoms with Crippen molar-refractivity contribution in [1.82, 2.24) is 9.78 Å². The Balaban J connectivity index is 1.63. The normalized spacial score (nSPS) is 10.6. The number of esters is 1. The first-order chi connectivity index (χ1) is 13.8. The lowest BCUT2D eigenvalue weighted by atomic mass is 10.1. The first-order valence-electron chi connectivity index (χ1n) is 9.15. The Labute approximate surface area is 174 Å². The van der Waals surface area contributed by atoms with Crippen LogP contribution in [-0.4, -0.2) is 28.3 Å². The highest BCUT2D eigenvalue weighted by atomic mass is 35.5. The molecule has 0 spiro atoms. The molecule has 1 N–H and O–H groups in total. The number of nitrogens with one attached hydrogen (secondary N) is 1. The minimum Gasteiger partial charge on any atom is -0.452 e. The predicted molar refractivity (Wildman–Crippen MR) is 112 cm³/mol. The minimum atomic E-state index is -0.679. The number of aryl methyl sites for hydroxylation is 3. The number of rotatable bonds is 6. The van der Waals surface area contributed by atoms with E-state index in [1.54, 1.807) is 23.7 Å². The molecule has 0 aliphatic heterocycles. The fourth-order valence-electron chi connectivity index (χ4n) is 2.79. The lowest BCUT2D eigenvalue weighted by Gasteiger charge is -2.07. The number of ether oxygens (including phenoxy) is 1. The van der Waals surface area contributed by atoms with E-state index in [2.05, 4.69) is 10.4 Å². The summed E-state index contributed by atoms with van der Waals surface area (Å²) in [6.07, 6.45) is 0. The van der Waals surface area contributed by atoms with Crippen LogP contribution in [0.5, 0.6) is 0 Å². The summed E-state index contributed by atoms with van der Waals surface area (Å²) in [6, 6.07) is 15.3. The second kappa shape index (κ2) is 8.92. The summed E-state index contributed by atoms with van der Waals surface area (Å²) in [5, 5.41) is 7.20. The summed E-state index contributed by atoms with van der Waals surface area (Å²) in [6.45, 7) is 5.67. The molecule has 3 aromatic rings. The zero-order valence-electron chi connectivity index (χ0n) is 16.5. The van der Waals surface area contributed by atoms with Crippen molar-refractivity contribution in [2.45, 2.75) is 27.3 Å². The van der Waals surface area contributed by atoms with Crippen molar-refractivity contribution in [2.75, 3.05) is 11.9 Å². The molecule has 1 amide bonds. The molecule has 0 aliphatic carbocycles. The summed E-state index contributed by atoms with van der Waals surface area (Å²) in [5.41, 5.74) is 4.51. The number of nitrogens with zero attached hydrogens (tertiary/aromatic N) is 2. The number of halogens is 1. The topological polar surface area (TPSA) is 73.2 Å². The Morgan fingerprint density at radius 1 is 1.00 bits per heavy atom. The van der Waals surface area contributed by atoms with E-state index in [-0.39, 0.29) is 10.7 Å². The van der Waals surface area contributed by atoms with Crippen molar-refractivity contribution in [3.8, 4) is 0 Å². The van der Waals surface area contributed by atoms with E-state index in [9.17, 15) is 9.59 Å². The van der Waals surface area contributed by atoms with Gasteiger partial charge in [-0.3, -0.25) is 4.79 Å². The average Bonchev–Trinajstić information content (AvgIpc) is 2.97. The van der Waals surface area contributed by atoms with Gasteiger partial charge in [0.25, 0.3) is 5.91 Å². The number of carbonyl (C=O) groups excluding carboxylic acids is 2. The fourth-order valence-corrected chi connectivity index (χ4v) is 3.11. The van der Waals surface area contributed by atoms with Gasteiger partial charge < -0.3 is 10.1 Å². The molecule has 0 atom stereocenters. The molecule has 0 aliphatic rings. The molecule has 2 aromatic carbocycles. The van der Waals surface area contributed by atoms with Crippen LogP contribution in [0.1, 0.15) is 32.7 Å². The van der Waals surface area contributed by atoms with Crippen LogP contribution >= 0.6 is 11.6 Å². The number of anilines is 1. The van der Waals surface area contributed by atoms with Crippen LogP contribution in [0.15, 0.2) is 48.5 Å². The summed E-state index contributed by atoms with van der Waals surface area (Å²) < 4.78 is 6.68. The lowest BCUT2D eigenvalue weighted by Crippen LogP contribution is -2.21. The van der Waals surface area contributed by atoms with Crippen molar-refractivity contribution in [1.29, 1.82) is 0 Å². The second-order valence-electron chi connectivity index (χ2n) is 6.88. The number of aromatic nitrogens is 2. The number of hydrogen-bond acceptors (Lipinski definition) is 4. The smallest absolute Gasteiger partial charge is 0.343 e. The quantitative estimate of drug-likeness (QED) is 0.613. The molecule has 0 unspecified atom stereocenters. The Morgan fingerprint density at radius 2 is 1.59 bits per heavy atom. The van der Waals surface area contributed by atoms with E-state index in [4.69, 9.17) is 16.3 Å². The van der Waals surface area contributed by atoms with E-state index < -0.39 is 18.5 Å². The van der Waals surface area contributed by atoms with Crippen molar-refractivity contribution >= 4 is 29.2 Å². The van der Waals surface area contributed by atoms with Crippen molar-refractivity contribution in [2.24, 2.45) is 0 Å². The first-order valence-corrected chi connectivity index (χ1v) is 9.53. The molecule has 1 heterocycles. The Kier molecular flexibility index (Phi) is 6.34. The summed E-state index contributed by atoms with van der Waals surface area (Å²) in [7, 11) is 0. The van der Waals surface area contributed by atoms with E-state index in [0.717, 1.165) is 16.7 Å². The maximum absolute atomic E-state index is 12.5. The van der Waals surface area contributed by atoms with Gasteiger partial charge in [-0.05, 0) is 38.5 Å². The summed E-state index contributed by atoms with van der Waals surface area (Å²) >= 11 is 6.36. The predicted octanol–water partition coefficient (Wildman–Crippen LogP) is 4.31. The molecule has 0 radical (unpaired) electrons. The molecule has 0 saturated heterocycles. The molecule has 6 nitrogen and oxygen atoms in total. The van der Waals surface area contributed by atoms with Gasteiger partial charge in [0.1, 0.15) is 10.7 Å². The van der Waals surface area contributed by atoms with Crippen molar-refractivity contribution < 1.29 is 14.3 Å². The van der Waals surface area contributed by atoms with E-state index >= 15 is 0 Å². The van der Waals surface area contributed by atoms with Gasteiger partial charge in [0.2, 0.25) is 0 Å². The summed E-state index contributed by atoms with van der Waals surface area (Å²) in [5.74, 6) is -1.11. The standard InChI is InChI=1S/C22H22ClN3O3/c1-14-4-8-17(9-5-14)12-26-21(23)20(16(3)25-26)22(28)29-13-19(27)24-18-10-6-15(2)7-11-18/h4-11H,12-13H2,1-3H3,(H,24,27). The zero-order chi connectivity index (χ0) is 21.0. The molecular weight excluding hydrogens is 390 g/mol. The van der Waals surface area contributed by atoms with Gasteiger partial charge >= 0.3 is 5.97 Å². The van der Waals surface area contributed by atoms with Crippen LogP contribution in [0.2, 0.25) is 5.15 Å². The fraction of sp³-hybridized carbons (Fsp3) is 0.227. The molecule has 1 aromatic heterocycles. The maximum Gasteiger partial charge on any atom is 0.343 e. The lowest BCUT2D eigenvalue weighted by molar-refractivity contribution is -0.119. The number of benzene rings is 2. The molecule has 0 bridgehead atoms. The van der Waals surface area contributed by atoms with E-state index in [1.807, 2.05) is 50.2 Å². The molecule has 0 saturated carbocycles. The first kappa shape index (κ1) is 20.6. The van der Waals surface area contributed by atoms with Gasteiger partial charge in [-0.1, -0.05) is 59.1 Å². The Hall–Kier alpha value is -3.12. The van der Waals surface area contributed by atoms with Gasteiger partial charge in [0.15, 0.2) is 6.61 Å². The van der Waals surface area contributed by atoms with Crippen molar-refractivity contribution in [3.05, 3.63) is 81.6 Å². The largest absolute Gasteiger partial charge is 0.452 e. The Morgan fingerprint density at radius 3 is 2.21 bits per heavy atom. The third-order valence-electron chi connectivity index (χ3n) is 4.39. The minimum absolute atomic E-state index is 0.168. The molecular formula is C22H22ClN3O3. The molecule has 29 heavy (non-hydrogen) atoms. The van der Waals surface area contributed by atoms with Crippen LogP contribution < -0.4 is 5.32 Å². The number of hydrogen-bond donors (Lipinski definition) is 1. The highest BCUT2D eigenvalue weighted by Gasteiger charge is 2.22. The van der Waals surface area contributed by atoms with Crippen LogP contribution in [0, 0.1) is 20.8 Å². The Bertz CT molecular complexity index is 1020. The van der Waals surface area contributed by atoms with E-state index in [0.29, 0.717) is 17.9 Å². The average molecular weight is 412 g/mol. The molecule has 7 heteroatoms. The highest BCUT2D eigenvalue weighted by Crippen LogP contribution is 2.22. The molecule has 150 valence electrons. The van der Waals surface area contributed by atoms with Crippen LogP contribution in [0.3, 0.4) is 0 Å². The van der Waals surface area contributed by atoms with E-state index in [1.165, 1.54) is 0 Å². The number of carbonyl (C=O) groups is 2. The monoisotopic (exact) mass is 411 g/mol. The number of amides is 1. The zero-order valence-corrected chi connectivity index (χ0v) is 17.3. The van der Waals surface area contributed by atoms with Crippen LogP contribution in [0.25, 0.3) is 0 Å². The van der Waals surface area contributed by atoms with Gasteiger partial charge in [0.05, 0.1) is 12.2 Å². The van der Waals surface area contributed by atoms with Gasteiger partial charge in [0, 0.05) is 5.69 Å². The van der Waals surface area contributed by atoms with Gasteiger partial charge in [-0.2, -0.15) is 5.10 Å². The summed E-state index contributed by atoms with van der Waals surface area (Å²) in [4.78, 5) is 24.5. The molecule has 0 fully saturated rings.